The number of rotatable bonds is 2. The van der Waals surface area contributed by atoms with Gasteiger partial charge < -0.3 is 0 Å². The Morgan fingerprint density at radius 1 is 1.15 bits per heavy atom. The largest absolute Gasteiger partial charge is 0.276 e. The van der Waals surface area contributed by atoms with E-state index in [0.29, 0.717) is 0 Å². The third kappa shape index (κ3) is 1.75. The van der Waals surface area contributed by atoms with Crippen LogP contribution in [0, 0.1) is 13.8 Å². The predicted molar refractivity (Wildman–Crippen MR) is 78.3 cm³/mol. The smallest absolute Gasteiger partial charge is 0.163 e. The molecule has 0 amide bonds. The van der Waals surface area contributed by atoms with Gasteiger partial charge in [-0.1, -0.05) is 0 Å². The molecule has 0 aromatic carbocycles. The standard InChI is InChI=1S/C13H17ClN6/c1-7(14)12-15-11-9(3)17-19(5)13(11)20(12)10-6-18(4)16-8(10)2/h6-7H,1-5H3. The van der Waals surface area contributed by atoms with Gasteiger partial charge in [-0.15, -0.1) is 11.6 Å². The van der Waals surface area contributed by atoms with Crippen LogP contribution in [0.1, 0.15) is 29.5 Å². The van der Waals surface area contributed by atoms with Gasteiger partial charge in [0.25, 0.3) is 0 Å². The van der Waals surface area contributed by atoms with Crippen molar-refractivity contribution in [3.63, 3.8) is 0 Å². The van der Waals surface area contributed by atoms with Crippen molar-refractivity contribution >= 4 is 22.8 Å². The molecule has 6 nitrogen and oxygen atoms in total. The fourth-order valence-corrected chi connectivity index (χ4v) is 2.75. The number of halogens is 1. The van der Waals surface area contributed by atoms with Crippen molar-refractivity contribution < 1.29 is 0 Å². The third-order valence-electron chi connectivity index (χ3n) is 3.41. The molecule has 1 unspecified atom stereocenters. The lowest BCUT2D eigenvalue weighted by molar-refractivity contribution is 0.746. The zero-order valence-corrected chi connectivity index (χ0v) is 13.0. The molecule has 0 aliphatic carbocycles. The van der Waals surface area contributed by atoms with E-state index in [0.717, 1.165) is 34.1 Å². The highest BCUT2D eigenvalue weighted by atomic mass is 35.5. The number of alkyl halides is 1. The highest BCUT2D eigenvalue weighted by Gasteiger charge is 2.23. The molecular weight excluding hydrogens is 276 g/mol. The van der Waals surface area contributed by atoms with Crippen LogP contribution in [0.25, 0.3) is 16.9 Å². The highest BCUT2D eigenvalue weighted by Crippen LogP contribution is 2.30. The normalized spacial score (nSPS) is 13.3. The van der Waals surface area contributed by atoms with E-state index in [4.69, 9.17) is 11.6 Å². The summed E-state index contributed by atoms with van der Waals surface area (Å²) < 4.78 is 5.69. The fraction of sp³-hybridized carbons (Fsp3) is 0.462. The Labute approximate surface area is 122 Å². The first-order valence-electron chi connectivity index (χ1n) is 6.46. The van der Waals surface area contributed by atoms with E-state index in [-0.39, 0.29) is 5.38 Å². The summed E-state index contributed by atoms with van der Waals surface area (Å²) in [5.74, 6) is 0.814. The van der Waals surface area contributed by atoms with Gasteiger partial charge in [-0.2, -0.15) is 10.2 Å². The van der Waals surface area contributed by atoms with Crippen molar-refractivity contribution in [2.45, 2.75) is 26.1 Å². The predicted octanol–water partition coefficient (Wildman–Crippen LogP) is 2.41. The van der Waals surface area contributed by atoms with Crippen LogP contribution in [-0.4, -0.2) is 29.1 Å². The maximum absolute atomic E-state index is 6.31. The Kier molecular flexibility index (Phi) is 2.86. The van der Waals surface area contributed by atoms with Gasteiger partial charge >= 0.3 is 0 Å². The zero-order chi connectivity index (χ0) is 14.6. The Hall–Kier alpha value is -1.82. The fourth-order valence-electron chi connectivity index (χ4n) is 2.60. The van der Waals surface area contributed by atoms with Crippen molar-refractivity contribution in [1.82, 2.24) is 29.1 Å². The molecule has 3 aromatic rings. The summed E-state index contributed by atoms with van der Waals surface area (Å²) in [4.78, 5) is 4.67. The summed E-state index contributed by atoms with van der Waals surface area (Å²) in [5, 5.41) is 8.65. The van der Waals surface area contributed by atoms with Gasteiger partial charge in [0.2, 0.25) is 0 Å². The number of hydrogen-bond acceptors (Lipinski definition) is 3. The molecule has 0 saturated carbocycles. The van der Waals surface area contributed by atoms with Crippen molar-refractivity contribution in [1.29, 1.82) is 0 Å². The summed E-state index contributed by atoms with van der Waals surface area (Å²) in [5.41, 5.74) is 4.66. The van der Waals surface area contributed by atoms with Crippen LogP contribution >= 0.6 is 11.6 Å². The number of aryl methyl sites for hydroxylation is 4. The van der Waals surface area contributed by atoms with Gasteiger partial charge in [0.15, 0.2) is 5.65 Å². The molecule has 0 saturated heterocycles. The molecule has 0 aliphatic rings. The van der Waals surface area contributed by atoms with Crippen LogP contribution in [0.15, 0.2) is 6.20 Å². The number of imidazole rings is 1. The minimum Gasteiger partial charge on any atom is -0.276 e. The molecule has 3 rings (SSSR count). The summed E-state index contributed by atoms with van der Waals surface area (Å²) in [6.45, 7) is 5.86. The Bertz CT molecular complexity index is 792. The molecule has 0 radical (unpaired) electrons. The number of aromatic nitrogens is 6. The van der Waals surface area contributed by atoms with Crippen LogP contribution in [0.5, 0.6) is 0 Å². The molecule has 0 aliphatic heterocycles. The molecule has 106 valence electrons. The number of fused-ring (bicyclic) bond motifs is 1. The average molecular weight is 293 g/mol. The number of nitrogens with zero attached hydrogens (tertiary/aromatic N) is 6. The molecule has 0 bridgehead atoms. The van der Waals surface area contributed by atoms with E-state index in [1.54, 1.807) is 4.68 Å². The van der Waals surface area contributed by atoms with E-state index in [9.17, 15) is 0 Å². The summed E-state index contributed by atoms with van der Waals surface area (Å²) in [6, 6.07) is 0. The van der Waals surface area contributed by atoms with Gasteiger partial charge in [-0.05, 0) is 20.8 Å². The lowest BCUT2D eigenvalue weighted by Crippen LogP contribution is -2.06. The molecule has 3 heterocycles. The van der Waals surface area contributed by atoms with E-state index in [2.05, 4.69) is 19.7 Å². The minimum absolute atomic E-state index is 0.193. The molecular formula is C13H17ClN6. The molecule has 1 atom stereocenters. The Morgan fingerprint density at radius 3 is 2.40 bits per heavy atom. The van der Waals surface area contributed by atoms with E-state index >= 15 is 0 Å². The Balaban J connectivity index is 2.43. The molecule has 0 N–H and O–H groups in total. The topological polar surface area (TPSA) is 53.5 Å². The second kappa shape index (κ2) is 4.34. The van der Waals surface area contributed by atoms with Crippen LogP contribution in [0.3, 0.4) is 0 Å². The van der Waals surface area contributed by atoms with Crippen LogP contribution < -0.4 is 0 Å². The summed E-state index contributed by atoms with van der Waals surface area (Å²) in [7, 11) is 3.82. The van der Waals surface area contributed by atoms with Crippen LogP contribution in [0.4, 0.5) is 0 Å². The maximum Gasteiger partial charge on any atom is 0.163 e. The first kappa shape index (κ1) is 13.2. The molecule has 20 heavy (non-hydrogen) atoms. The monoisotopic (exact) mass is 292 g/mol. The first-order valence-corrected chi connectivity index (χ1v) is 6.90. The molecule has 7 heteroatoms. The number of hydrogen-bond donors (Lipinski definition) is 0. The van der Waals surface area contributed by atoms with Gasteiger partial charge in [0.1, 0.15) is 11.3 Å². The van der Waals surface area contributed by atoms with Gasteiger partial charge in [-0.3, -0.25) is 9.25 Å². The highest BCUT2D eigenvalue weighted by molar-refractivity contribution is 6.20. The molecule has 0 spiro atoms. The van der Waals surface area contributed by atoms with Gasteiger partial charge in [0.05, 0.1) is 22.5 Å². The van der Waals surface area contributed by atoms with Crippen molar-refractivity contribution in [2.75, 3.05) is 0 Å². The summed E-state index contributed by atoms with van der Waals surface area (Å²) >= 11 is 6.31. The maximum atomic E-state index is 6.31. The van der Waals surface area contributed by atoms with Crippen LogP contribution in [0.2, 0.25) is 0 Å². The van der Waals surface area contributed by atoms with Crippen LogP contribution in [-0.2, 0) is 14.1 Å². The van der Waals surface area contributed by atoms with Gasteiger partial charge in [-0.25, -0.2) is 9.67 Å². The zero-order valence-electron chi connectivity index (χ0n) is 12.2. The second-order valence-electron chi connectivity index (χ2n) is 5.08. The second-order valence-corrected chi connectivity index (χ2v) is 5.73. The SMILES string of the molecule is Cc1nn(C)cc1-n1c(C(C)Cl)nc2c(C)nn(C)c21. The van der Waals surface area contributed by atoms with Gasteiger partial charge in [0, 0.05) is 20.3 Å². The summed E-state index contributed by atoms with van der Waals surface area (Å²) in [6.07, 6.45) is 1.97. The van der Waals surface area contributed by atoms with E-state index in [1.165, 1.54) is 0 Å². The lowest BCUT2D eigenvalue weighted by Gasteiger charge is -2.09. The molecule has 3 aromatic heterocycles. The van der Waals surface area contributed by atoms with Crippen molar-refractivity contribution in [2.24, 2.45) is 14.1 Å². The third-order valence-corrected chi connectivity index (χ3v) is 3.61. The first-order chi connectivity index (χ1) is 9.40. The Morgan fingerprint density at radius 2 is 1.85 bits per heavy atom. The quantitative estimate of drug-likeness (QED) is 0.682. The van der Waals surface area contributed by atoms with Crippen molar-refractivity contribution in [3.8, 4) is 5.69 Å². The van der Waals surface area contributed by atoms with E-state index < -0.39 is 0 Å². The van der Waals surface area contributed by atoms with E-state index in [1.807, 2.05) is 45.7 Å². The molecule has 0 fully saturated rings. The lowest BCUT2D eigenvalue weighted by atomic mass is 10.3. The minimum atomic E-state index is -0.193. The van der Waals surface area contributed by atoms with Crippen molar-refractivity contribution in [3.05, 3.63) is 23.4 Å². The average Bonchev–Trinajstić information content (AvgIpc) is 2.95.